The molecule has 1 atom stereocenters. The number of nitrogens with one attached hydrogen (secondary N) is 2. The first-order valence-corrected chi connectivity index (χ1v) is 8.13. The molecule has 2 amide bonds. The molecule has 2 heterocycles. The van der Waals surface area contributed by atoms with Crippen LogP contribution in [0.5, 0.6) is 5.88 Å². The van der Waals surface area contributed by atoms with E-state index in [-0.39, 0.29) is 30.1 Å². The SMILES string of the molecule is O=C(NCc1ccnc(OC(F)F)c1)NC1CCC2(CCC2)OC1. The maximum Gasteiger partial charge on any atom is 0.388 e. The Hall–Kier alpha value is -1.96. The van der Waals surface area contributed by atoms with Crippen molar-refractivity contribution in [2.24, 2.45) is 0 Å². The van der Waals surface area contributed by atoms with Gasteiger partial charge in [-0.2, -0.15) is 8.78 Å². The third kappa shape index (κ3) is 4.31. The van der Waals surface area contributed by atoms with E-state index < -0.39 is 6.61 Å². The summed E-state index contributed by atoms with van der Waals surface area (Å²) in [4.78, 5) is 15.6. The van der Waals surface area contributed by atoms with Gasteiger partial charge in [0.15, 0.2) is 0 Å². The van der Waals surface area contributed by atoms with Crippen LogP contribution in [0.1, 0.15) is 37.7 Å². The molecular formula is C16H21F2N3O3. The van der Waals surface area contributed by atoms with Gasteiger partial charge in [-0.05, 0) is 43.7 Å². The Balaban J connectivity index is 1.41. The molecule has 1 aliphatic carbocycles. The zero-order valence-electron chi connectivity index (χ0n) is 13.3. The molecule has 2 N–H and O–H groups in total. The number of carbonyl (C=O) groups excluding carboxylic acids is 1. The van der Waals surface area contributed by atoms with Crippen molar-refractivity contribution in [1.29, 1.82) is 0 Å². The number of nitrogens with zero attached hydrogens (tertiary/aromatic N) is 1. The number of halogens is 2. The minimum atomic E-state index is -2.92. The molecule has 1 spiro atoms. The molecule has 1 saturated heterocycles. The van der Waals surface area contributed by atoms with Gasteiger partial charge in [-0.25, -0.2) is 9.78 Å². The van der Waals surface area contributed by atoms with E-state index >= 15 is 0 Å². The Morgan fingerprint density at radius 3 is 2.92 bits per heavy atom. The fourth-order valence-electron chi connectivity index (χ4n) is 3.08. The van der Waals surface area contributed by atoms with Crippen LogP contribution in [0.3, 0.4) is 0 Å². The first kappa shape index (κ1) is 16.9. The lowest BCUT2D eigenvalue weighted by atomic mass is 9.75. The summed E-state index contributed by atoms with van der Waals surface area (Å²) in [5.41, 5.74) is 0.705. The summed E-state index contributed by atoms with van der Waals surface area (Å²) in [7, 11) is 0. The van der Waals surface area contributed by atoms with E-state index in [1.807, 2.05) is 0 Å². The zero-order chi connectivity index (χ0) is 17.0. The van der Waals surface area contributed by atoms with E-state index in [1.165, 1.54) is 18.7 Å². The molecule has 2 fully saturated rings. The maximum absolute atomic E-state index is 12.2. The molecule has 8 heteroatoms. The van der Waals surface area contributed by atoms with Crippen LogP contribution in [0.2, 0.25) is 0 Å². The highest BCUT2D eigenvalue weighted by Gasteiger charge is 2.41. The lowest BCUT2D eigenvalue weighted by Crippen LogP contribution is -2.52. The number of alkyl halides is 2. The predicted molar refractivity (Wildman–Crippen MR) is 81.8 cm³/mol. The number of aromatic nitrogens is 1. The van der Waals surface area contributed by atoms with Crippen LogP contribution in [0.15, 0.2) is 18.3 Å². The van der Waals surface area contributed by atoms with Gasteiger partial charge >= 0.3 is 12.6 Å². The Kier molecular flexibility index (Phi) is 5.13. The topological polar surface area (TPSA) is 72.5 Å². The number of hydrogen-bond donors (Lipinski definition) is 2. The largest absolute Gasteiger partial charge is 0.417 e. The molecule has 1 aromatic heterocycles. The monoisotopic (exact) mass is 341 g/mol. The van der Waals surface area contributed by atoms with E-state index in [0.717, 1.165) is 25.7 Å². The molecule has 6 nitrogen and oxygen atoms in total. The van der Waals surface area contributed by atoms with Crippen LogP contribution in [0.25, 0.3) is 0 Å². The van der Waals surface area contributed by atoms with Crippen molar-refractivity contribution in [1.82, 2.24) is 15.6 Å². The quantitative estimate of drug-likeness (QED) is 0.863. The minimum absolute atomic E-state index is 0.00592. The number of ether oxygens (including phenoxy) is 2. The van der Waals surface area contributed by atoms with Gasteiger partial charge in [0.05, 0.1) is 18.2 Å². The van der Waals surface area contributed by atoms with Crippen LogP contribution in [0.4, 0.5) is 13.6 Å². The Morgan fingerprint density at radius 1 is 1.46 bits per heavy atom. The Morgan fingerprint density at radius 2 is 2.29 bits per heavy atom. The standard InChI is InChI=1S/C16H21F2N3O3/c17-14(18)24-13-8-11(3-7-19-13)9-20-15(22)21-12-2-6-16(23-10-12)4-1-5-16/h3,7-8,12,14H,1-2,4-6,9-10H2,(H2,20,21,22). The molecular weight excluding hydrogens is 320 g/mol. The predicted octanol–water partition coefficient (Wildman–Crippen LogP) is 2.58. The fourth-order valence-corrected chi connectivity index (χ4v) is 3.08. The molecule has 24 heavy (non-hydrogen) atoms. The van der Waals surface area contributed by atoms with Crippen molar-refractivity contribution in [2.75, 3.05) is 6.61 Å². The highest BCUT2D eigenvalue weighted by Crippen LogP contribution is 2.42. The second-order valence-corrected chi connectivity index (χ2v) is 6.29. The normalized spacial score (nSPS) is 22.0. The van der Waals surface area contributed by atoms with Gasteiger partial charge in [-0.15, -0.1) is 0 Å². The van der Waals surface area contributed by atoms with Gasteiger partial charge in [0.25, 0.3) is 0 Å². The molecule has 132 valence electrons. The summed E-state index contributed by atoms with van der Waals surface area (Å²) in [5.74, 6) is -0.170. The first-order valence-electron chi connectivity index (χ1n) is 8.13. The van der Waals surface area contributed by atoms with E-state index in [1.54, 1.807) is 6.07 Å². The third-order valence-electron chi connectivity index (χ3n) is 4.60. The summed E-state index contributed by atoms with van der Waals surface area (Å²) >= 11 is 0. The third-order valence-corrected chi connectivity index (χ3v) is 4.60. The van der Waals surface area contributed by atoms with Gasteiger partial charge in [-0.1, -0.05) is 0 Å². The molecule has 2 aliphatic rings. The van der Waals surface area contributed by atoms with Crippen molar-refractivity contribution < 1.29 is 23.0 Å². The summed E-state index contributed by atoms with van der Waals surface area (Å²) in [6.07, 6.45) is 6.72. The number of amides is 2. The van der Waals surface area contributed by atoms with Gasteiger partial charge in [0, 0.05) is 18.8 Å². The van der Waals surface area contributed by atoms with Crippen molar-refractivity contribution in [3.8, 4) is 5.88 Å². The van der Waals surface area contributed by atoms with Crippen LogP contribution < -0.4 is 15.4 Å². The van der Waals surface area contributed by atoms with Gasteiger partial charge in [-0.3, -0.25) is 0 Å². The Labute approximate surface area is 138 Å². The van der Waals surface area contributed by atoms with E-state index in [9.17, 15) is 13.6 Å². The first-order chi connectivity index (χ1) is 11.5. The highest BCUT2D eigenvalue weighted by atomic mass is 19.3. The average molecular weight is 341 g/mol. The smallest absolute Gasteiger partial charge is 0.388 e. The fraction of sp³-hybridized carbons (Fsp3) is 0.625. The number of rotatable bonds is 5. The molecule has 1 aliphatic heterocycles. The van der Waals surface area contributed by atoms with Crippen LogP contribution in [0, 0.1) is 0 Å². The summed E-state index contributed by atoms with van der Waals surface area (Å²) in [6, 6.07) is 2.70. The second-order valence-electron chi connectivity index (χ2n) is 6.29. The highest BCUT2D eigenvalue weighted by molar-refractivity contribution is 5.74. The van der Waals surface area contributed by atoms with Gasteiger partial charge < -0.3 is 20.1 Å². The molecule has 1 unspecified atom stereocenters. The zero-order valence-corrected chi connectivity index (χ0v) is 13.3. The molecule has 0 bridgehead atoms. The van der Waals surface area contributed by atoms with Crippen molar-refractivity contribution in [3.63, 3.8) is 0 Å². The minimum Gasteiger partial charge on any atom is -0.417 e. The lowest BCUT2D eigenvalue weighted by molar-refractivity contribution is -0.135. The van der Waals surface area contributed by atoms with Gasteiger partial charge in [0.2, 0.25) is 5.88 Å². The summed E-state index contributed by atoms with van der Waals surface area (Å²) in [5, 5.41) is 5.58. The number of carbonyl (C=O) groups is 1. The average Bonchev–Trinajstić information content (AvgIpc) is 2.52. The molecule has 1 saturated carbocycles. The number of hydrogen-bond acceptors (Lipinski definition) is 4. The second kappa shape index (κ2) is 7.29. The molecule has 3 rings (SSSR count). The summed E-state index contributed by atoms with van der Waals surface area (Å²) in [6.45, 7) is -2.19. The molecule has 1 aromatic rings. The lowest BCUT2D eigenvalue weighted by Gasteiger charge is -2.46. The van der Waals surface area contributed by atoms with Crippen LogP contribution in [-0.2, 0) is 11.3 Å². The van der Waals surface area contributed by atoms with E-state index in [0.29, 0.717) is 12.2 Å². The number of pyridine rings is 1. The Bertz CT molecular complexity index is 571. The number of urea groups is 1. The maximum atomic E-state index is 12.2. The molecule has 0 radical (unpaired) electrons. The van der Waals surface area contributed by atoms with Gasteiger partial charge in [0.1, 0.15) is 0 Å². The van der Waals surface area contributed by atoms with Crippen molar-refractivity contribution >= 4 is 6.03 Å². The van der Waals surface area contributed by atoms with E-state index in [2.05, 4.69) is 20.4 Å². The van der Waals surface area contributed by atoms with Crippen LogP contribution in [-0.4, -0.2) is 35.9 Å². The summed E-state index contributed by atoms with van der Waals surface area (Å²) < 4.78 is 34.4. The van der Waals surface area contributed by atoms with E-state index in [4.69, 9.17) is 4.74 Å². The van der Waals surface area contributed by atoms with Crippen LogP contribution >= 0.6 is 0 Å². The molecule has 0 aromatic carbocycles. The van der Waals surface area contributed by atoms with Crippen molar-refractivity contribution in [2.45, 2.75) is 56.9 Å². The van der Waals surface area contributed by atoms with Crippen molar-refractivity contribution in [3.05, 3.63) is 23.9 Å².